The van der Waals surface area contributed by atoms with Crippen molar-refractivity contribution in [2.75, 3.05) is 43.5 Å². The molecule has 1 aliphatic rings. The lowest BCUT2D eigenvalue weighted by atomic mass is 10.1. The number of nitrogens with zero attached hydrogens (tertiary/aromatic N) is 5. The number of aromatic nitrogens is 3. The average Bonchev–Trinajstić information content (AvgIpc) is 3.48. The standard InChI is InChI=1S/C32H34ClF3N6O5S/c1-6-22-25(40-11-13-41(14-12-40)30(45)47-31(2,3)4)26(44)27-28(39-29(48-27)18-9-10-37-24(15-18)46-5)42(22)17-23(43)38-21-8-7-19(16-20(21)33)32(34,35)36/h7-10,15-16H,6,11-14,17H2,1-5H3,(H,38,43). The van der Waals surface area contributed by atoms with Gasteiger partial charge < -0.3 is 29.2 Å². The van der Waals surface area contributed by atoms with Crippen molar-refractivity contribution in [2.24, 2.45) is 0 Å². The van der Waals surface area contributed by atoms with Gasteiger partial charge in [0.05, 0.1) is 23.4 Å². The maximum absolute atomic E-state index is 14.2. The first-order valence-corrected chi connectivity index (χ1v) is 16.2. The lowest BCUT2D eigenvalue weighted by molar-refractivity contribution is -0.137. The summed E-state index contributed by atoms with van der Waals surface area (Å²) in [4.78, 5) is 52.8. The lowest BCUT2D eigenvalue weighted by Gasteiger charge is -2.37. The highest BCUT2D eigenvalue weighted by Crippen LogP contribution is 2.35. The first-order chi connectivity index (χ1) is 22.6. The van der Waals surface area contributed by atoms with Gasteiger partial charge in [-0.2, -0.15) is 13.2 Å². The number of ether oxygens (including phenoxy) is 2. The molecule has 0 radical (unpaired) electrons. The molecule has 0 saturated carbocycles. The molecule has 11 nitrogen and oxygen atoms in total. The predicted octanol–water partition coefficient (Wildman–Crippen LogP) is 6.46. The Balaban J connectivity index is 1.55. The van der Waals surface area contributed by atoms with Crippen LogP contribution in [0.2, 0.25) is 5.02 Å². The van der Waals surface area contributed by atoms with Gasteiger partial charge in [0, 0.05) is 49.7 Å². The predicted molar refractivity (Wildman–Crippen MR) is 178 cm³/mol. The molecule has 4 aromatic rings. The SMILES string of the molecule is CCc1c(N2CCN(C(=O)OC(C)(C)C)CC2)c(=O)c2sc(-c3ccnc(OC)c3)nc2n1CC(=O)Nc1ccc(C(F)(F)F)cc1Cl. The van der Waals surface area contributed by atoms with E-state index in [-0.39, 0.29) is 28.3 Å². The third-order valence-corrected chi connectivity index (χ3v) is 8.94. The van der Waals surface area contributed by atoms with Gasteiger partial charge in [-0.1, -0.05) is 18.5 Å². The maximum Gasteiger partial charge on any atom is 0.416 e. The van der Waals surface area contributed by atoms with Crippen LogP contribution < -0.4 is 20.4 Å². The van der Waals surface area contributed by atoms with Crippen molar-refractivity contribution in [3.8, 4) is 16.5 Å². The van der Waals surface area contributed by atoms with Crippen LogP contribution in [0.3, 0.4) is 0 Å². The van der Waals surface area contributed by atoms with Gasteiger partial charge in [-0.05, 0) is 51.5 Å². The van der Waals surface area contributed by atoms with E-state index in [1.807, 2.05) is 11.8 Å². The topological polar surface area (TPSA) is 119 Å². The van der Waals surface area contributed by atoms with Crippen molar-refractivity contribution in [3.63, 3.8) is 0 Å². The number of hydrogen-bond acceptors (Lipinski definition) is 9. The monoisotopic (exact) mass is 706 g/mol. The van der Waals surface area contributed by atoms with Crippen LogP contribution in [0.5, 0.6) is 5.88 Å². The number of rotatable bonds is 7. The summed E-state index contributed by atoms with van der Waals surface area (Å²) in [5.74, 6) is -0.232. The van der Waals surface area contributed by atoms with Crippen LogP contribution in [-0.4, -0.2) is 70.3 Å². The summed E-state index contributed by atoms with van der Waals surface area (Å²) in [6.45, 7) is 8.22. The molecule has 1 N–H and O–H groups in total. The number of nitrogens with one attached hydrogen (secondary N) is 1. The van der Waals surface area contributed by atoms with Crippen molar-refractivity contribution in [2.45, 2.75) is 52.4 Å². The van der Waals surface area contributed by atoms with E-state index in [2.05, 4.69) is 10.3 Å². The molecule has 1 aliphatic heterocycles. The van der Waals surface area contributed by atoms with Crippen LogP contribution >= 0.6 is 22.9 Å². The van der Waals surface area contributed by atoms with Gasteiger partial charge in [0.15, 0.2) is 5.65 Å². The summed E-state index contributed by atoms with van der Waals surface area (Å²) in [5.41, 5.74) is -0.00658. The number of carbonyl (C=O) groups excluding carboxylic acids is 2. The fourth-order valence-corrected chi connectivity index (χ4v) is 6.57. The summed E-state index contributed by atoms with van der Waals surface area (Å²) in [6.07, 6.45) is -3.14. The number of fused-ring (bicyclic) bond motifs is 1. The maximum atomic E-state index is 14.2. The Kier molecular flexibility index (Phi) is 9.92. The minimum absolute atomic E-state index is 0.00587. The largest absolute Gasteiger partial charge is 0.481 e. The zero-order valence-electron chi connectivity index (χ0n) is 26.9. The molecular formula is C32H34ClF3N6O5S. The number of alkyl halides is 3. The minimum atomic E-state index is -4.60. The molecular weight excluding hydrogens is 673 g/mol. The minimum Gasteiger partial charge on any atom is -0.481 e. The molecule has 3 aromatic heterocycles. The van der Waals surface area contributed by atoms with Crippen molar-refractivity contribution >= 4 is 56.7 Å². The molecule has 1 aromatic carbocycles. The Labute approximate surface area is 283 Å². The normalized spacial score (nSPS) is 13.9. The Hall–Kier alpha value is -4.37. The third-order valence-electron chi connectivity index (χ3n) is 7.53. The highest BCUT2D eigenvalue weighted by atomic mass is 35.5. The summed E-state index contributed by atoms with van der Waals surface area (Å²) < 4.78 is 52.3. The van der Waals surface area contributed by atoms with E-state index >= 15 is 0 Å². The number of anilines is 2. The Morgan fingerprint density at radius 1 is 1.08 bits per heavy atom. The van der Waals surface area contributed by atoms with Crippen LogP contribution in [0.15, 0.2) is 41.3 Å². The van der Waals surface area contributed by atoms with Crippen molar-refractivity contribution in [1.82, 2.24) is 19.4 Å². The number of amides is 2. The third kappa shape index (κ3) is 7.51. The molecule has 256 valence electrons. The van der Waals surface area contributed by atoms with E-state index in [1.165, 1.54) is 7.11 Å². The second-order valence-corrected chi connectivity index (χ2v) is 13.4. The van der Waals surface area contributed by atoms with E-state index in [4.69, 9.17) is 26.1 Å². The van der Waals surface area contributed by atoms with Gasteiger partial charge in [-0.25, -0.2) is 14.8 Å². The molecule has 16 heteroatoms. The highest BCUT2D eigenvalue weighted by molar-refractivity contribution is 7.21. The number of carbonyl (C=O) groups is 2. The molecule has 4 heterocycles. The molecule has 0 aliphatic carbocycles. The second-order valence-electron chi connectivity index (χ2n) is 12.0. The number of thiazole rings is 1. The molecule has 48 heavy (non-hydrogen) atoms. The molecule has 0 spiro atoms. The fraction of sp³-hybridized carbons (Fsp3) is 0.406. The van der Waals surface area contributed by atoms with Gasteiger partial charge in [-0.3, -0.25) is 9.59 Å². The summed E-state index contributed by atoms with van der Waals surface area (Å²) in [7, 11) is 1.48. The number of hydrogen-bond donors (Lipinski definition) is 1. The molecule has 1 fully saturated rings. The Morgan fingerprint density at radius 2 is 1.79 bits per heavy atom. The number of methoxy groups -OCH3 is 1. The molecule has 0 bridgehead atoms. The lowest BCUT2D eigenvalue weighted by Crippen LogP contribution is -2.51. The number of piperazine rings is 1. The van der Waals surface area contributed by atoms with Gasteiger partial charge in [0.1, 0.15) is 27.5 Å². The average molecular weight is 707 g/mol. The number of pyridine rings is 2. The van der Waals surface area contributed by atoms with Crippen LogP contribution in [0.4, 0.5) is 29.3 Å². The van der Waals surface area contributed by atoms with E-state index < -0.39 is 29.3 Å². The van der Waals surface area contributed by atoms with Gasteiger partial charge in [0.25, 0.3) is 0 Å². The first-order valence-electron chi connectivity index (χ1n) is 15.1. The Morgan fingerprint density at radius 3 is 2.40 bits per heavy atom. The Bertz CT molecular complexity index is 1920. The zero-order chi connectivity index (χ0) is 35.0. The van der Waals surface area contributed by atoms with Gasteiger partial charge in [-0.15, -0.1) is 11.3 Å². The van der Waals surface area contributed by atoms with Crippen molar-refractivity contribution in [1.29, 1.82) is 0 Å². The van der Waals surface area contributed by atoms with E-state index in [0.717, 1.165) is 29.5 Å². The van der Waals surface area contributed by atoms with Gasteiger partial charge in [0.2, 0.25) is 17.2 Å². The van der Waals surface area contributed by atoms with Crippen LogP contribution in [0.1, 0.15) is 39.0 Å². The van der Waals surface area contributed by atoms with Crippen molar-refractivity contribution in [3.05, 3.63) is 63.0 Å². The van der Waals surface area contributed by atoms with E-state index in [1.54, 1.807) is 48.6 Å². The van der Waals surface area contributed by atoms with Crippen LogP contribution in [0.25, 0.3) is 20.9 Å². The fourth-order valence-electron chi connectivity index (χ4n) is 5.33. The first kappa shape index (κ1) is 35.0. The molecule has 5 rings (SSSR count). The summed E-state index contributed by atoms with van der Waals surface area (Å²) in [5, 5.41) is 2.82. The molecule has 0 atom stereocenters. The van der Waals surface area contributed by atoms with Gasteiger partial charge >= 0.3 is 12.3 Å². The number of benzene rings is 1. The van der Waals surface area contributed by atoms with E-state index in [0.29, 0.717) is 65.1 Å². The molecule has 2 amide bonds. The highest BCUT2D eigenvalue weighted by Gasteiger charge is 2.32. The van der Waals surface area contributed by atoms with Crippen molar-refractivity contribution < 1.29 is 32.2 Å². The summed E-state index contributed by atoms with van der Waals surface area (Å²) in [6, 6.07) is 6.09. The number of halogens is 4. The second kappa shape index (κ2) is 13.6. The molecule has 0 unspecified atom stereocenters. The van der Waals surface area contributed by atoms with Crippen LogP contribution in [0, 0.1) is 0 Å². The van der Waals surface area contributed by atoms with E-state index in [9.17, 15) is 27.6 Å². The van der Waals surface area contributed by atoms with Crippen LogP contribution in [-0.2, 0) is 28.7 Å². The summed E-state index contributed by atoms with van der Waals surface area (Å²) >= 11 is 7.28. The quantitative estimate of drug-likeness (QED) is 0.233. The zero-order valence-corrected chi connectivity index (χ0v) is 28.5. The molecule has 1 saturated heterocycles. The smallest absolute Gasteiger partial charge is 0.416 e.